The highest BCUT2D eigenvalue weighted by Gasteiger charge is 2.37. The Balaban J connectivity index is 1.76. The summed E-state index contributed by atoms with van der Waals surface area (Å²) in [6.45, 7) is 1.67. The van der Waals surface area contributed by atoms with Gasteiger partial charge < -0.3 is 10.4 Å². The van der Waals surface area contributed by atoms with Gasteiger partial charge in [-0.15, -0.1) is 0 Å². The van der Waals surface area contributed by atoms with E-state index in [0.29, 0.717) is 31.6 Å². The lowest BCUT2D eigenvalue weighted by Crippen LogP contribution is -2.27. The molecule has 0 atom stereocenters. The number of alkyl halides is 6. The minimum Gasteiger partial charge on any atom is -0.478 e. The van der Waals surface area contributed by atoms with Crippen LogP contribution in [0.1, 0.15) is 44.6 Å². The molecule has 3 rings (SSSR count). The van der Waals surface area contributed by atoms with E-state index >= 15 is 0 Å². The summed E-state index contributed by atoms with van der Waals surface area (Å²) >= 11 is 0. The van der Waals surface area contributed by atoms with Gasteiger partial charge in [-0.05, 0) is 60.0 Å². The molecule has 2 N–H and O–H groups in total. The second-order valence-corrected chi connectivity index (χ2v) is 8.64. The van der Waals surface area contributed by atoms with Gasteiger partial charge in [-0.1, -0.05) is 42.5 Å². The first-order chi connectivity index (χ1) is 17.4. The highest BCUT2D eigenvalue weighted by atomic mass is 19.4. The van der Waals surface area contributed by atoms with Crippen LogP contribution in [-0.4, -0.2) is 29.1 Å². The Morgan fingerprint density at radius 2 is 1.32 bits per heavy atom. The summed E-state index contributed by atoms with van der Waals surface area (Å²) in [5.41, 5.74) is -0.971. The zero-order chi connectivity index (χ0) is 27.1. The van der Waals surface area contributed by atoms with Crippen LogP contribution in [0, 0.1) is 0 Å². The summed E-state index contributed by atoms with van der Waals surface area (Å²) < 4.78 is 79.9. The molecular formula is C27H26F6N2O2. The van der Waals surface area contributed by atoms with E-state index in [1.165, 1.54) is 12.1 Å². The van der Waals surface area contributed by atoms with Crippen molar-refractivity contribution in [2.24, 2.45) is 0 Å². The van der Waals surface area contributed by atoms with Crippen molar-refractivity contribution < 1.29 is 36.2 Å². The number of nitrogens with zero attached hydrogens (tertiary/aromatic N) is 1. The van der Waals surface area contributed by atoms with E-state index in [4.69, 9.17) is 5.11 Å². The van der Waals surface area contributed by atoms with Crippen molar-refractivity contribution >= 4 is 5.97 Å². The Bertz CT molecular complexity index is 1130. The van der Waals surface area contributed by atoms with Crippen molar-refractivity contribution in [2.45, 2.75) is 38.4 Å². The van der Waals surface area contributed by atoms with Crippen LogP contribution in [0.5, 0.6) is 0 Å². The van der Waals surface area contributed by atoms with E-state index in [0.717, 1.165) is 17.7 Å². The topological polar surface area (TPSA) is 52.6 Å². The first kappa shape index (κ1) is 28.2. The third-order valence-electron chi connectivity index (χ3n) is 5.66. The average molecular weight is 525 g/mol. The third-order valence-corrected chi connectivity index (χ3v) is 5.66. The number of carboxylic acids is 1. The molecule has 0 saturated heterocycles. The van der Waals surface area contributed by atoms with Crippen molar-refractivity contribution in [2.75, 3.05) is 13.1 Å². The molecule has 0 radical (unpaired) electrons. The zero-order valence-corrected chi connectivity index (χ0v) is 19.7. The number of carboxylic acid groups (broad SMARTS) is 1. The van der Waals surface area contributed by atoms with E-state index in [-0.39, 0.29) is 30.3 Å². The molecule has 0 spiro atoms. The van der Waals surface area contributed by atoms with Gasteiger partial charge in [0.15, 0.2) is 0 Å². The molecule has 0 fully saturated rings. The van der Waals surface area contributed by atoms with Gasteiger partial charge in [0.25, 0.3) is 0 Å². The second kappa shape index (κ2) is 12.2. The van der Waals surface area contributed by atoms with E-state index in [9.17, 15) is 31.1 Å². The number of carbonyl (C=O) groups is 1. The standard InChI is InChI=1S/C27H26F6N2O2/c28-26(29,30)23-13-21(14-24(15-23)27(31,32)33)18-35(17-20-7-9-22(10-8-20)25(36)37)12-4-11-34-16-19-5-2-1-3-6-19/h1-3,5-10,13-15,34H,4,11-12,16-18H2,(H,36,37). The lowest BCUT2D eigenvalue weighted by atomic mass is 10.0. The summed E-state index contributed by atoms with van der Waals surface area (Å²) in [5, 5.41) is 12.4. The molecule has 0 bridgehead atoms. The lowest BCUT2D eigenvalue weighted by molar-refractivity contribution is -0.143. The maximum Gasteiger partial charge on any atom is 0.416 e. The predicted molar refractivity (Wildman–Crippen MR) is 127 cm³/mol. The van der Waals surface area contributed by atoms with E-state index < -0.39 is 29.4 Å². The number of aromatic carboxylic acids is 1. The Morgan fingerprint density at radius 3 is 1.86 bits per heavy atom. The third kappa shape index (κ3) is 8.91. The molecule has 0 heterocycles. The van der Waals surface area contributed by atoms with Crippen LogP contribution < -0.4 is 5.32 Å². The largest absolute Gasteiger partial charge is 0.478 e. The molecule has 4 nitrogen and oxygen atoms in total. The van der Waals surface area contributed by atoms with Crippen molar-refractivity contribution in [3.05, 3.63) is 106 Å². The molecule has 198 valence electrons. The molecule has 0 saturated carbocycles. The van der Waals surface area contributed by atoms with Gasteiger partial charge in [0.05, 0.1) is 16.7 Å². The highest BCUT2D eigenvalue weighted by Crippen LogP contribution is 2.36. The molecule has 10 heteroatoms. The van der Waals surface area contributed by atoms with Crippen LogP contribution in [0.4, 0.5) is 26.3 Å². The van der Waals surface area contributed by atoms with Gasteiger partial charge in [0.2, 0.25) is 0 Å². The van der Waals surface area contributed by atoms with Gasteiger partial charge in [-0.2, -0.15) is 26.3 Å². The van der Waals surface area contributed by atoms with Crippen LogP contribution in [-0.2, 0) is 32.0 Å². The van der Waals surface area contributed by atoms with E-state index in [1.807, 2.05) is 30.3 Å². The van der Waals surface area contributed by atoms with Gasteiger partial charge in [0.1, 0.15) is 0 Å². The SMILES string of the molecule is O=C(O)c1ccc(CN(CCCNCc2ccccc2)Cc2cc(C(F)(F)F)cc(C(F)(F)F)c2)cc1. The fourth-order valence-corrected chi connectivity index (χ4v) is 3.85. The van der Waals surface area contributed by atoms with Crippen molar-refractivity contribution in [3.8, 4) is 0 Å². The molecule has 0 unspecified atom stereocenters. The zero-order valence-electron chi connectivity index (χ0n) is 19.7. The Kier molecular flexibility index (Phi) is 9.34. The minimum absolute atomic E-state index is 0.0770. The Morgan fingerprint density at radius 1 is 0.757 bits per heavy atom. The molecule has 37 heavy (non-hydrogen) atoms. The van der Waals surface area contributed by atoms with Gasteiger partial charge >= 0.3 is 18.3 Å². The van der Waals surface area contributed by atoms with E-state index in [1.54, 1.807) is 17.0 Å². The Hall–Kier alpha value is -3.37. The maximum atomic E-state index is 13.3. The molecule has 3 aromatic rings. The molecule has 0 aliphatic heterocycles. The van der Waals surface area contributed by atoms with Crippen LogP contribution in [0.25, 0.3) is 0 Å². The molecular weight excluding hydrogens is 498 g/mol. The lowest BCUT2D eigenvalue weighted by Gasteiger charge is -2.24. The van der Waals surface area contributed by atoms with Gasteiger partial charge in [-0.25, -0.2) is 4.79 Å². The smallest absolute Gasteiger partial charge is 0.416 e. The first-order valence-electron chi connectivity index (χ1n) is 11.5. The number of nitrogens with one attached hydrogen (secondary N) is 1. The normalized spacial score (nSPS) is 12.2. The predicted octanol–water partition coefficient (Wildman–Crippen LogP) is 6.60. The summed E-state index contributed by atoms with van der Waals surface area (Å²) in [4.78, 5) is 12.9. The summed E-state index contributed by atoms with van der Waals surface area (Å²) in [7, 11) is 0. The number of benzene rings is 3. The fourth-order valence-electron chi connectivity index (χ4n) is 3.85. The van der Waals surface area contributed by atoms with Crippen molar-refractivity contribution in [1.82, 2.24) is 10.2 Å². The molecule has 0 aliphatic rings. The highest BCUT2D eigenvalue weighted by molar-refractivity contribution is 5.87. The van der Waals surface area contributed by atoms with Crippen LogP contribution >= 0.6 is 0 Å². The van der Waals surface area contributed by atoms with Crippen molar-refractivity contribution in [3.63, 3.8) is 0 Å². The second-order valence-electron chi connectivity index (χ2n) is 8.64. The minimum atomic E-state index is -4.92. The molecule has 3 aromatic carbocycles. The van der Waals surface area contributed by atoms with Crippen LogP contribution in [0.2, 0.25) is 0 Å². The maximum absolute atomic E-state index is 13.3. The number of hydrogen-bond donors (Lipinski definition) is 2. The molecule has 0 aromatic heterocycles. The summed E-state index contributed by atoms with van der Waals surface area (Å²) in [6, 6.07) is 17.2. The van der Waals surface area contributed by atoms with Crippen molar-refractivity contribution in [1.29, 1.82) is 0 Å². The summed E-state index contributed by atoms with van der Waals surface area (Å²) in [5.74, 6) is -1.10. The molecule has 0 aliphatic carbocycles. The monoisotopic (exact) mass is 524 g/mol. The summed E-state index contributed by atoms with van der Waals surface area (Å²) in [6.07, 6.45) is -9.26. The van der Waals surface area contributed by atoms with Crippen LogP contribution in [0.15, 0.2) is 72.8 Å². The number of rotatable bonds is 11. The Labute approximate surface area is 210 Å². The average Bonchev–Trinajstić information content (AvgIpc) is 2.83. The van der Waals surface area contributed by atoms with Gasteiger partial charge in [-0.3, -0.25) is 4.90 Å². The van der Waals surface area contributed by atoms with E-state index in [2.05, 4.69) is 5.32 Å². The number of hydrogen-bond acceptors (Lipinski definition) is 3. The fraction of sp³-hybridized carbons (Fsp3) is 0.296. The number of halogens is 6. The van der Waals surface area contributed by atoms with Gasteiger partial charge in [0, 0.05) is 26.2 Å². The quantitative estimate of drug-likeness (QED) is 0.219. The molecule has 0 amide bonds. The van der Waals surface area contributed by atoms with Crippen LogP contribution in [0.3, 0.4) is 0 Å². The first-order valence-corrected chi connectivity index (χ1v) is 11.5.